The smallest absolute Gasteiger partial charge is 0.272 e. The van der Waals surface area contributed by atoms with Crippen molar-refractivity contribution in [3.63, 3.8) is 0 Å². The fourth-order valence-electron chi connectivity index (χ4n) is 2.63. The molecule has 0 aliphatic heterocycles. The third-order valence-electron chi connectivity index (χ3n) is 3.90. The number of ether oxygens (including phenoxy) is 1. The zero-order chi connectivity index (χ0) is 18.9. The molecule has 4 nitrogen and oxygen atoms in total. The number of hydrogen-bond donors (Lipinski definition) is 1. The fourth-order valence-corrected chi connectivity index (χ4v) is 2.63. The molecule has 1 amide bonds. The molecular formula is C22H21FN2O2. The third-order valence-corrected chi connectivity index (χ3v) is 3.90. The monoisotopic (exact) mass is 364 g/mol. The number of carbonyl (C=O) groups is 1. The lowest BCUT2D eigenvalue weighted by molar-refractivity contribution is -0.128. The van der Waals surface area contributed by atoms with Crippen molar-refractivity contribution in [2.75, 3.05) is 6.61 Å². The van der Waals surface area contributed by atoms with Crippen LogP contribution in [0, 0.1) is 5.82 Å². The molecule has 0 saturated carbocycles. The van der Waals surface area contributed by atoms with Crippen molar-refractivity contribution in [1.82, 2.24) is 10.4 Å². The number of nitrogens with one attached hydrogen (secondary N) is 1. The first-order chi connectivity index (χ1) is 13.2. The normalized spacial score (nSPS) is 10.6. The van der Waals surface area contributed by atoms with Crippen LogP contribution in [0.2, 0.25) is 0 Å². The van der Waals surface area contributed by atoms with Gasteiger partial charge in [0, 0.05) is 13.1 Å². The van der Waals surface area contributed by atoms with Gasteiger partial charge in [-0.05, 0) is 35.4 Å². The van der Waals surface area contributed by atoms with E-state index < -0.39 is 0 Å². The van der Waals surface area contributed by atoms with Gasteiger partial charge in [0.15, 0.2) is 6.61 Å². The SMILES string of the molecule is O=C(COc1ccc(F)cc1)NN(Cc1ccccc1)Cc1ccccc1. The molecule has 0 aromatic heterocycles. The summed E-state index contributed by atoms with van der Waals surface area (Å²) in [6.45, 7) is 0.988. The Labute approximate surface area is 158 Å². The quantitative estimate of drug-likeness (QED) is 0.616. The molecule has 0 radical (unpaired) electrons. The van der Waals surface area contributed by atoms with E-state index >= 15 is 0 Å². The average molecular weight is 364 g/mol. The summed E-state index contributed by atoms with van der Waals surface area (Å²) in [5.41, 5.74) is 5.07. The molecule has 3 aromatic rings. The first-order valence-electron chi connectivity index (χ1n) is 8.70. The summed E-state index contributed by atoms with van der Waals surface area (Å²) in [7, 11) is 0. The van der Waals surface area contributed by atoms with Crippen molar-refractivity contribution in [2.24, 2.45) is 0 Å². The van der Waals surface area contributed by atoms with Crippen LogP contribution in [0.4, 0.5) is 4.39 Å². The molecule has 3 aromatic carbocycles. The highest BCUT2D eigenvalue weighted by atomic mass is 19.1. The Hall–Kier alpha value is -3.18. The average Bonchev–Trinajstić information content (AvgIpc) is 2.69. The van der Waals surface area contributed by atoms with Crippen molar-refractivity contribution in [1.29, 1.82) is 0 Å². The van der Waals surface area contributed by atoms with E-state index in [1.54, 1.807) is 0 Å². The maximum absolute atomic E-state index is 12.9. The zero-order valence-electron chi connectivity index (χ0n) is 14.8. The van der Waals surface area contributed by atoms with Crippen LogP contribution in [-0.4, -0.2) is 17.5 Å². The molecule has 1 N–H and O–H groups in total. The highest BCUT2D eigenvalue weighted by molar-refractivity contribution is 5.77. The second-order valence-electron chi connectivity index (χ2n) is 6.10. The van der Waals surface area contributed by atoms with Crippen LogP contribution in [0.3, 0.4) is 0 Å². The van der Waals surface area contributed by atoms with E-state index in [1.165, 1.54) is 24.3 Å². The molecule has 0 fully saturated rings. The van der Waals surface area contributed by atoms with Gasteiger partial charge in [-0.2, -0.15) is 0 Å². The summed E-state index contributed by atoms with van der Waals surface area (Å²) >= 11 is 0. The van der Waals surface area contributed by atoms with Crippen molar-refractivity contribution in [2.45, 2.75) is 13.1 Å². The number of nitrogens with zero attached hydrogens (tertiary/aromatic N) is 1. The van der Waals surface area contributed by atoms with Gasteiger partial charge in [0.05, 0.1) is 0 Å². The Kier molecular flexibility index (Phi) is 6.55. The summed E-state index contributed by atoms with van der Waals surface area (Å²) < 4.78 is 18.3. The maximum Gasteiger partial charge on any atom is 0.272 e. The lowest BCUT2D eigenvalue weighted by Gasteiger charge is -2.23. The number of amides is 1. The van der Waals surface area contributed by atoms with Gasteiger partial charge in [0.25, 0.3) is 5.91 Å². The Balaban J connectivity index is 1.60. The molecule has 138 valence electrons. The topological polar surface area (TPSA) is 41.6 Å². The molecule has 0 aliphatic carbocycles. The van der Waals surface area contributed by atoms with Crippen LogP contribution >= 0.6 is 0 Å². The van der Waals surface area contributed by atoms with Gasteiger partial charge in [-0.15, -0.1) is 0 Å². The van der Waals surface area contributed by atoms with Crippen molar-refractivity contribution in [3.8, 4) is 5.75 Å². The molecule has 0 spiro atoms. The van der Waals surface area contributed by atoms with E-state index in [0.717, 1.165) is 11.1 Å². The minimum atomic E-state index is -0.344. The van der Waals surface area contributed by atoms with Crippen LogP contribution in [0.1, 0.15) is 11.1 Å². The Morgan fingerprint density at radius 1 is 0.815 bits per heavy atom. The van der Waals surface area contributed by atoms with Crippen molar-refractivity contribution < 1.29 is 13.9 Å². The molecule has 0 unspecified atom stereocenters. The number of hydrazine groups is 1. The van der Waals surface area contributed by atoms with Gasteiger partial charge in [0.2, 0.25) is 0 Å². The molecule has 3 rings (SSSR count). The van der Waals surface area contributed by atoms with Crippen molar-refractivity contribution >= 4 is 5.91 Å². The summed E-state index contributed by atoms with van der Waals surface area (Å²) in [6, 6.07) is 25.4. The molecule has 0 heterocycles. The maximum atomic E-state index is 12.9. The van der Waals surface area contributed by atoms with Gasteiger partial charge in [-0.25, -0.2) is 9.40 Å². The molecule has 0 bridgehead atoms. The van der Waals surface area contributed by atoms with Crippen LogP contribution in [0.15, 0.2) is 84.9 Å². The molecule has 0 atom stereocenters. The number of rotatable bonds is 8. The minimum Gasteiger partial charge on any atom is -0.484 e. The number of hydrogen-bond acceptors (Lipinski definition) is 3. The summed E-state index contributed by atoms with van der Waals surface area (Å²) in [4.78, 5) is 12.3. The molecule has 0 saturated heterocycles. The Morgan fingerprint density at radius 3 is 1.85 bits per heavy atom. The first-order valence-corrected chi connectivity index (χ1v) is 8.70. The van der Waals surface area contributed by atoms with Gasteiger partial charge in [-0.3, -0.25) is 10.2 Å². The molecule has 5 heteroatoms. The predicted molar refractivity (Wildman–Crippen MR) is 102 cm³/mol. The lowest BCUT2D eigenvalue weighted by Crippen LogP contribution is -2.43. The van der Waals surface area contributed by atoms with E-state index in [2.05, 4.69) is 5.43 Å². The predicted octanol–water partition coefficient (Wildman–Crippen LogP) is 3.94. The van der Waals surface area contributed by atoms with Crippen LogP contribution in [0.25, 0.3) is 0 Å². The van der Waals surface area contributed by atoms with Crippen LogP contribution in [0.5, 0.6) is 5.75 Å². The summed E-state index contributed by atoms with van der Waals surface area (Å²) in [5.74, 6) is -0.167. The second-order valence-corrected chi connectivity index (χ2v) is 6.10. The number of benzene rings is 3. The standard InChI is InChI=1S/C22H21FN2O2/c23-20-11-13-21(14-12-20)27-17-22(26)24-25(15-18-7-3-1-4-8-18)16-19-9-5-2-6-10-19/h1-14H,15-17H2,(H,24,26). The van der Waals surface area contributed by atoms with Crippen LogP contribution < -0.4 is 10.2 Å². The Bertz CT molecular complexity index is 798. The van der Waals surface area contributed by atoms with E-state index in [4.69, 9.17) is 4.74 Å². The summed E-state index contributed by atoms with van der Waals surface area (Å²) in [6.07, 6.45) is 0. The Morgan fingerprint density at radius 2 is 1.33 bits per heavy atom. The highest BCUT2D eigenvalue weighted by Crippen LogP contribution is 2.11. The van der Waals surface area contributed by atoms with Gasteiger partial charge in [-0.1, -0.05) is 60.7 Å². The van der Waals surface area contributed by atoms with E-state index in [-0.39, 0.29) is 18.3 Å². The summed E-state index contributed by atoms with van der Waals surface area (Å²) in [5, 5.41) is 1.85. The zero-order valence-corrected chi connectivity index (χ0v) is 14.8. The largest absolute Gasteiger partial charge is 0.484 e. The van der Waals surface area contributed by atoms with E-state index in [0.29, 0.717) is 18.8 Å². The first kappa shape index (κ1) is 18.6. The minimum absolute atomic E-state index is 0.147. The van der Waals surface area contributed by atoms with Crippen LogP contribution in [-0.2, 0) is 17.9 Å². The molecular weight excluding hydrogens is 343 g/mol. The van der Waals surface area contributed by atoms with Gasteiger partial charge >= 0.3 is 0 Å². The van der Waals surface area contributed by atoms with Gasteiger partial charge in [0.1, 0.15) is 11.6 Å². The fraction of sp³-hybridized carbons (Fsp3) is 0.136. The highest BCUT2D eigenvalue weighted by Gasteiger charge is 2.12. The third kappa shape index (κ3) is 6.24. The number of carbonyl (C=O) groups excluding carboxylic acids is 1. The van der Waals surface area contributed by atoms with Crippen molar-refractivity contribution in [3.05, 3.63) is 102 Å². The van der Waals surface area contributed by atoms with Gasteiger partial charge < -0.3 is 4.74 Å². The second kappa shape index (κ2) is 9.50. The van der Waals surface area contributed by atoms with E-state index in [9.17, 15) is 9.18 Å². The van der Waals surface area contributed by atoms with E-state index in [1.807, 2.05) is 65.7 Å². The molecule has 0 aliphatic rings. The number of halogens is 1. The molecule has 27 heavy (non-hydrogen) atoms. The lowest BCUT2D eigenvalue weighted by atomic mass is 10.2.